The molecule has 0 radical (unpaired) electrons. The van der Waals surface area contributed by atoms with Gasteiger partial charge in [-0.2, -0.15) is 0 Å². The van der Waals surface area contributed by atoms with Gasteiger partial charge in [0.25, 0.3) is 5.91 Å². The van der Waals surface area contributed by atoms with Gasteiger partial charge < -0.3 is 23.7 Å². The molecule has 0 aliphatic carbocycles. The fourth-order valence-corrected chi connectivity index (χ4v) is 4.91. The van der Waals surface area contributed by atoms with Crippen molar-refractivity contribution in [2.24, 2.45) is 0 Å². The molecular formula is C29H30N2O6S. The van der Waals surface area contributed by atoms with Crippen molar-refractivity contribution in [1.82, 2.24) is 4.98 Å². The minimum Gasteiger partial charge on any atom is -0.497 e. The van der Waals surface area contributed by atoms with E-state index in [9.17, 15) is 4.79 Å². The summed E-state index contributed by atoms with van der Waals surface area (Å²) in [6.07, 6.45) is 0.647. The van der Waals surface area contributed by atoms with Crippen LogP contribution >= 0.6 is 11.3 Å². The van der Waals surface area contributed by atoms with Crippen LogP contribution in [0.1, 0.15) is 15.9 Å². The van der Waals surface area contributed by atoms with Gasteiger partial charge in [-0.25, -0.2) is 4.98 Å². The average molecular weight is 535 g/mol. The molecule has 198 valence electrons. The van der Waals surface area contributed by atoms with Gasteiger partial charge in [0.2, 0.25) is 5.75 Å². The van der Waals surface area contributed by atoms with Crippen molar-refractivity contribution in [2.45, 2.75) is 6.42 Å². The zero-order valence-electron chi connectivity index (χ0n) is 22.0. The number of thiazole rings is 1. The quantitative estimate of drug-likeness (QED) is 0.243. The van der Waals surface area contributed by atoms with Crippen LogP contribution in [0.3, 0.4) is 0 Å². The lowest BCUT2D eigenvalue weighted by molar-refractivity contribution is 0.0986. The van der Waals surface area contributed by atoms with Crippen LogP contribution in [-0.4, -0.2) is 53.0 Å². The van der Waals surface area contributed by atoms with Crippen molar-refractivity contribution in [1.29, 1.82) is 0 Å². The maximum Gasteiger partial charge on any atom is 0.260 e. The summed E-state index contributed by atoms with van der Waals surface area (Å²) in [7, 11) is 7.79. The van der Waals surface area contributed by atoms with E-state index in [2.05, 4.69) is 0 Å². The molecule has 4 rings (SSSR count). The number of hydrogen-bond acceptors (Lipinski definition) is 8. The van der Waals surface area contributed by atoms with E-state index < -0.39 is 0 Å². The van der Waals surface area contributed by atoms with Crippen LogP contribution in [0.15, 0.2) is 66.0 Å². The molecule has 0 saturated heterocycles. The number of amides is 1. The summed E-state index contributed by atoms with van der Waals surface area (Å²) in [5, 5.41) is 2.46. The molecule has 0 unspecified atom stereocenters. The molecule has 0 bridgehead atoms. The SMILES string of the molecule is COc1ccc(OC)c(-c2csc(N(CCc3ccccc3)C(=O)c3cc(OC)c(OC)c(OC)c3)n2)c1. The first-order valence-electron chi connectivity index (χ1n) is 11.9. The molecule has 0 fully saturated rings. The average Bonchev–Trinajstić information content (AvgIpc) is 3.46. The van der Waals surface area contributed by atoms with Crippen molar-refractivity contribution in [3.8, 4) is 40.0 Å². The highest BCUT2D eigenvalue weighted by molar-refractivity contribution is 7.14. The Hall–Kier alpha value is -4.24. The summed E-state index contributed by atoms with van der Waals surface area (Å²) < 4.78 is 27.3. The summed E-state index contributed by atoms with van der Waals surface area (Å²) in [5.74, 6) is 2.33. The van der Waals surface area contributed by atoms with Gasteiger partial charge in [-0.3, -0.25) is 9.69 Å². The molecule has 1 amide bonds. The molecule has 1 aromatic heterocycles. The van der Waals surface area contributed by atoms with Crippen molar-refractivity contribution >= 4 is 22.4 Å². The standard InChI is InChI=1S/C29H30N2O6S/c1-33-21-11-12-24(34-2)22(17-21)23-18-38-29(30-23)31(14-13-19-9-7-6-8-10-19)28(32)20-15-25(35-3)27(37-5)26(16-20)36-4/h6-12,15-18H,13-14H2,1-5H3. The molecule has 8 nitrogen and oxygen atoms in total. The third-order valence-corrected chi connectivity index (χ3v) is 6.89. The summed E-state index contributed by atoms with van der Waals surface area (Å²) in [5.41, 5.74) is 2.96. The molecule has 0 spiro atoms. The van der Waals surface area contributed by atoms with E-state index in [-0.39, 0.29) is 5.91 Å². The molecule has 0 N–H and O–H groups in total. The Kier molecular flexibility index (Phi) is 8.70. The van der Waals surface area contributed by atoms with E-state index in [1.165, 1.54) is 32.7 Å². The van der Waals surface area contributed by atoms with E-state index in [1.807, 2.05) is 53.9 Å². The molecule has 38 heavy (non-hydrogen) atoms. The van der Waals surface area contributed by atoms with E-state index >= 15 is 0 Å². The third kappa shape index (κ3) is 5.68. The monoisotopic (exact) mass is 534 g/mol. The summed E-state index contributed by atoms with van der Waals surface area (Å²) in [4.78, 5) is 20.5. The van der Waals surface area contributed by atoms with E-state index in [0.717, 1.165) is 11.1 Å². The fraction of sp³-hybridized carbons (Fsp3) is 0.241. The van der Waals surface area contributed by atoms with E-state index in [4.69, 9.17) is 28.7 Å². The predicted molar refractivity (Wildman–Crippen MR) is 149 cm³/mol. The maximum atomic E-state index is 14.0. The molecule has 0 aliphatic heterocycles. The van der Waals surface area contributed by atoms with Gasteiger partial charge in [0, 0.05) is 23.1 Å². The first kappa shape index (κ1) is 26.8. The molecular weight excluding hydrogens is 504 g/mol. The first-order chi connectivity index (χ1) is 18.5. The molecule has 4 aromatic rings. The van der Waals surface area contributed by atoms with Gasteiger partial charge in [0.05, 0.1) is 41.2 Å². The van der Waals surface area contributed by atoms with Crippen LogP contribution in [0.5, 0.6) is 28.7 Å². The molecule has 0 aliphatic rings. The second-order valence-electron chi connectivity index (χ2n) is 8.19. The minimum absolute atomic E-state index is 0.237. The number of carbonyl (C=O) groups excluding carboxylic acids is 1. The molecule has 1 heterocycles. The lowest BCUT2D eigenvalue weighted by atomic mass is 10.1. The lowest BCUT2D eigenvalue weighted by Gasteiger charge is -2.21. The maximum absolute atomic E-state index is 14.0. The zero-order valence-corrected chi connectivity index (χ0v) is 22.8. The molecule has 3 aromatic carbocycles. The van der Waals surface area contributed by atoms with Crippen LogP contribution in [0, 0.1) is 0 Å². The molecule has 0 saturated carbocycles. The summed E-state index contributed by atoms with van der Waals surface area (Å²) in [6, 6.07) is 18.8. The highest BCUT2D eigenvalue weighted by Gasteiger charge is 2.25. The first-order valence-corrected chi connectivity index (χ1v) is 12.7. The van der Waals surface area contributed by atoms with Gasteiger partial charge in [-0.1, -0.05) is 30.3 Å². The number of hydrogen-bond donors (Lipinski definition) is 0. The Morgan fingerprint density at radius 2 is 1.50 bits per heavy atom. The predicted octanol–water partition coefficient (Wildman–Crippen LogP) is 5.74. The van der Waals surface area contributed by atoms with Gasteiger partial charge in [0.1, 0.15) is 11.5 Å². The van der Waals surface area contributed by atoms with Crippen molar-refractivity contribution in [3.05, 3.63) is 77.2 Å². The highest BCUT2D eigenvalue weighted by atomic mass is 32.1. The van der Waals surface area contributed by atoms with Crippen molar-refractivity contribution in [2.75, 3.05) is 47.0 Å². The Morgan fingerprint density at radius 1 is 0.816 bits per heavy atom. The van der Waals surface area contributed by atoms with Gasteiger partial charge in [0.15, 0.2) is 16.6 Å². The number of aromatic nitrogens is 1. The third-order valence-electron chi connectivity index (χ3n) is 6.03. The number of carbonyl (C=O) groups is 1. The minimum atomic E-state index is -0.237. The molecule has 9 heteroatoms. The fourth-order valence-electron chi connectivity index (χ4n) is 4.06. The van der Waals surface area contributed by atoms with E-state index in [0.29, 0.717) is 58.1 Å². The molecule has 0 atom stereocenters. The number of methoxy groups -OCH3 is 5. The normalized spacial score (nSPS) is 10.6. The highest BCUT2D eigenvalue weighted by Crippen LogP contribution is 2.40. The number of ether oxygens (including phenoxy) is 5. The second kappa shape index (κ2) is 12.3. The van der Waals surface area contributed by atoms with Crippen LogP contribution in [0.2, 0.25) is 0 Å². The number of anilines is 1. The summed E-state index contributed by atoms with van der Waals surface area (Å²) >= 11 is 1.38. The van der Waals surface area contributed by atoms with Gasteiger partial charge >= 0.3 is 0 Å². The van der Waals surface area contributed by atoms with Crippen LogP contribution < -0.4 is 28.6 Å². The van der Waals surface area contributed by atoms with Gasteiger partial charge in [-0.15, -0.1) is 11.3 Å². The Balaban J connectivity index is 1.75. The Morgan fingerprint density at radius 3 is 2.11 bits per heavy atom. The van der Waals surface area contributed by atoms with Crippen molar-refractivity contribution < 1.29 is 28.5 Å². The Labute approximate surface area is 226 Å². The van der Waals surface area contributed by atoms with Crippen LogP contribution in [-0.2, 0) is 6.42 Å². The summed E-state index contributed by atoms with van der Waals surface area (Å²) in [6.45, 7) is 0.418. The van der Waals surface area contributed by atoms with Crippen LogP contribution in [0.25, 0.3) is 11.3 Å². The topological polar surface area (TPSA) is 79.4 Å². The number of nitrogens with zero attached hydrogens (tertiary/aromatic N) is 2. The lowest BCUT2D eigenvalue weighted by Crippen LogP contribution is -2.33. The number of rotatable bonds is 11. The smallest absolute Gasteiger partial charge is 0.260 e. The van der Waals surface area contributed by atoms with Crippen LogP contribution in [0.4, 0.5) is 5.13 Å². The largest absolute Gasteiger partial charge is 0.497 e. The number of benzene rings is 3. The van der Waals surface area contributed by atoms with Gasteiger partial charge in [-0.05, 0) is 42.3 Å². The Bertz CT molecular complexity index is 1360. The zero-order chi connectivity index (χ0) is 27.1. The van der Waals surface area contributed by atoms with Crippen molar-refractivity contribution in [3.63, 3.8) is 0 Å². The van der Waals surface area contributed by atoms with E-state index in [1.54, 1.807) is 31.3 Å². The second-order valence-corrected chi connectivity index (χ2v) is 9.02.